The molecule has 1 aliphatic heterocycles. The maximum absolute atomic E-state index is 16.1. The van der Waals surface area contributed by atoms with Crippen molar-refractivity contribution in [1.29, 1.82) is 0 Å². The van der Waals surface area contributed by atoms with Crippen LogP contribution in [0.3, 0.4) is 0 Å². The van der Waals surface area contributed by atoms with Crippen LogP contribution in [-0.4, -0.2) is 80.3 Å². The Morgan fingerprint density at radius 3 is 1.83 bits per heavy atom. The van der Waals surface area contributed by atoms with Crippen molar-refractivity contribution < 1.29 is 47.7 Å². The van der Waals surface area contributed by atoms with Crippen LogP contribution in [0.4, 0.5) is 4.39 Å². The molecule has 1 saturated heterocycles. The number of nitrogens with one attached hydrogen (secondary N) is 2. The number of carboxylic acids is 1. The summed E-state index contributed by atoms with van der Waals surface area (Å²) in [5.74, 6) is -1.29. The van der Waals surface area contributed by atoms with E-state index in [9.17, 15) is 24.3 Å². The molecule has 54 heavy (non-hydrogen) atoms. The quantitative estimate of drug-likeness (QED) is 0.128. The SMILES string of the molecule is CC[NH+](CC)CC.COc1ccc(C(OC[C@H]2O[C@@H](n3ccc(=O)[nH]c3=O)C(F)[C@H]2OC(=O)CCC(=O)[O-])(c2ccccc2)c2ccc(OC)cc2)cc1. The normalized spacial score (nSPS) is 18.1. The van der Waals surface area contributed by atoms with Crippen LogP contribution < -0.4 is 30.7 Å². The van der Waals surface area contributed by atoms with Crippen LogP contribution in [0.2, 0.25) is 0 Å². The zero-order chi connectivity index (χ0) is 39.3. The highest BCUT2D eigenvalue weighted by Crippen LogP contribution is 2.43. The molecule has 1 unspecified atom stereocenters. The molecule has 1 fully saturated rings. The van der Waals surface area contributed by atoms with Gasteiger partial charge in [-0.1, -0.05) is 54.6 Å². The highest BCUT2D eigenvalue weighted by atomic mass is 19.1. The van der Waals surface area contributed by atoms with Crippen LogP contribution in [-0.2, 0) is 29.4 Å². The van der Waals surface area contributed by atoms with Crippen molar-refractivity contribution in [3.05, 3.63) is 129 Å². The molecule has 0 saturated carbocycles. The number of nitrogens with zero attached hydrogens (tertiary/aromatic N) is 1. The number of benzene rings is 3. The van der Waals surface area contributed by atoms with Gasteiger partial charge in [-0.25, -0.2) is 9.18 Å². The van der Waals surface area contributed by atoms with E-state index in [1.165, 1.54) is 19.6 Å². The number of aromatic amines is 1. The van der Waals surface area contributed by atoms with Crippen LogP contribution in [0.25, 0.3) is 0 Å². The number of carbonyl (C=O) groups excluding carboxylic acids is 2. The Morgan fingerprint density at radius 1 is 0.833 bits per heavy atom. The number of hydrogen-bond donors (Lipinski definition) is 2. The number of carboxylic acid groups (broad SMARTS) is 1. The topological polar surface area (TPSA) is 163 Å². The minimum Gasteiger partial charge on any atom is -0.550 e. The van der Waals surface area contributed by atoms with Gasteiger partial charge >= 0.3 is 11.7 Å². The number of aromatic nitrogens is 2. The number of aliphatic carboxylic acids is 1. The third-order valence-corrected chi connectivity index (χ3v) is 9.33. The van der Waals surface area contributed by atoms with Gasteiger partial charge in [0, 0.05) is 18.2 Å². The van der Waals surface area contributed by atoms with E-state index in [1.54, 1.807) is 43.4 Å². The zero-order valence-corrected chi connectivity index (χ0v) is 31.1. The Kier molecular flexibility index (Phi) is 15.1. The molecule has 4 atom stereocenters. The summed E-state index contributed by atoms with van der Waals surface area (Å²) in [5.41, 5.74) is -0.951. The van der Waals surface area contributed by atoms with Crippen molar-refractivity contribution in [1.82, 2.24) is 9.55 Å². The first-order chi connectivity index (χ1) is 26.0. The second-order valence-electron chi connectivity index (χ2n) is 12.5. The summed E-state index contributed by atoms with van der Waals surface area (Å²) in [6, 6.07) is 24.6. The third-order valence-electron chi connectivity index (χ3n) is 9.33. The summed E-state index contributed by atoms with van der Waals surface area (Å²) in [7, 11) is 3.09. The number of esters is 1. The summed E-state index contributed by atoms with van der Waals surface area (Å²) >= 11 is 0. The molecule has 14 heteroatoms. The van der Waals surface area contributed by atoms with Crippen LogP contribution >= 0.6 is 0 Å². The Labute approximate surface area is 313 Å². The van der Waals surface area contributed by atoms with Gasteiger partial charge in [-0.05, 0) is 68.1 Å². The fourth-order valence-corrected chi connectivity index (χ4v) is 6.27. The Bertz CT molecular complexity index is 1840. The Balaban J connectivity index is 0.000000845. The van der Waals surface area contributed by atoms with Crippen molar-refractivity contribution in [2.45, 2.75) is 63.8 Å². The van der Waals surface area contributed by atoms with E-state index in [1.807, 2.05) is 54.6 Å². The molecule has 4 aromatic rings. The van der Waals surface area contributed by atoms with Gasteiger partial charge in [-0.15, -0.1) is 0 Å². The van der Waals surface area contributed by atoms with Gasteiger partial charge in [0.05, 0.1) is 46.9 Å². The molecule has 1 aliphatic rings. The molecule has 13 nitrogen and oxygen atoms in total. The summed E-state index contributed by atoms with van der Waals surface area (Å²) in [6.45, 7) is 10.1. The predicted molar refractivity (Wildman–Crippen MR) is 195 cm³/mol. The minimum atomic E-state index is -2.10. The number of ether oxygens (including phenoxy) is 5. The van der Waals surface area contributed by atoms with E-state index in [-0.39, 0.29) is 6.61 Å². The Morgan fingerprint density at radius 2 is 1.37 bits per heavy atom. The number of methoxy groups -OCH3 is 2. The lowest BCUT2D eigenvalue weighted by Gasteiger charge is -2.37. The summed E-state index contributed by atoms with van der Waals surface area (Å²) < 4.78 is 45.9. The second-order valence-corrected chi connectivity index (χ2v) is 12.5. The molecule has 2 heterocycles. The molecular formula is C40H48FN3O10. The van der Waals surface area contributed by atoms with Crippen molar-refractivity contribution in [2.75, 3.05) is 40.5 Å². The number of H-pyrrole nitrogens is 1. The molecule has 290 valence electrons. The van der Waals surface area contributed by atoms with Crippen molar-refractivity contribution in [3.8, 4) is 11.5 Å². The average molecular weight is 750 g/mol. The highest BCUT2D eigenvalue weighted by Gasteiger charge is 2.50. The second kappa shape index (κ2) is 19.7. The lowest BCUT2D eigenvalue weighted by molar-refractivity contribution is -0.894. The van der Waals surface area contributed by atoms with Gasteiger partial charge in [0.2, 0.25) is 0 Å². The minimum absolute atomic E-state index is 0.375. The molecule has 0 aliphatic carbocycles. The van der Waals surface area contributed by atoms with Crippen LogP contribution in [0.5, 0.6) is 11.5 Å². The van der Waals surface area contributed by atoms with Crippen LogP contribution in [0.15, 0.2) is 101 Å². The number of carbonyl (C=O) groups is 2. The molecule has 0 bridgehead atoms. The van der Waals surface area contributed by atoms with Crippen molar-refractivity contribution in [2.24, 2.45) is 0 Å². The number of alkyl halides is 1. The summed E-state index contributed by atoms with van der Waals surface area (Å²) in [4.78, 5) is 51.6. The first-order valence-electron chi connectivity index (χ1n) is 17.8. The maximum Gasteiger partial charge on any atom is 0.330 e. The largest absolute Gasteiger partial charge is 0.550 e. The first kappa shape index (κ1) is 41.4. The maximum atomic E-state index is 16.1. The lowest BCUT2D eigenvalue weighted by Crippen LogP contribution is -3.11. The van der Waals surface area contributed by atoms with E-state index >= 15 is 4.39 Å². The molecule has 1 aromatic heterocycles. The zero-order valence-electron chi connectivity index (χ0n) is 31.1. The van der Waals surface area contributed by atoms with E-state index in [2.05, 4.69) is 25.8 Å². The number of hydrogen-bond acceptors (Lipinski definition) is 10. The molecule has 5 rings (SSSR count). The Hall–Kier alpha value is -5.31. The molecule has 3 aromatic carbocycles. The fourth-order valence-electron chi connectivity index (χ4n) is 6.27. The highest BCUT2D eigenvalue weighted by molar-refractivity contribution is 5.75. The number of halogens is 1. The number of quaternary nitrogens is 1. The van der Waals surface area contributed by atoms with Gasteiger partial charge in [-0.2, -0.15) is 0 Å². The van der Waals surface area contributed by atoms with E-state index < -0.39 is 66.2 Å². The van der Waals surface area contributed by atoms with Gasteiger partial charge in [-0.3, -0.25) is 19.1 Å². The van der Waals surface area contributed by atoms with Crippen LogP contribution in [0.1, 0.15) is 56.5 Å². The van der Waals surface area contributed by atoms with Crippen LogP contribution in [0, 0.1) is 0 Å². The molecular weight excluding hydrogens is 701 g/mol. The van der Waals surface area contributed by atoms with E-state index in [4.69, 9.17) is 23.7 Å². The molecule has 0 radical (unpaired) electrons. The average Bonchev–Trinajstić information content (AvgIpc) is 3.49. The van der Waals surface area contributed by atoms with Gasteiger partial charge in [0.15, 0.2) is 18.5 Å². The van der Waals surface area contributed by atoms with Gasteiger partial charge in [0.1, 0.15) is 23.2 Å². The predicted octanol–water partition coefficient (Wildman–Crippen LogP) is 2.17. The van der Waals surface area contributed by atoms with Crippen molar-refractivity contribution in [3.63, 3.8) is 0 Å². The molecule has 0 amide bonds. The summed E-state index contributed by atoms with van der Waals surface area (Å²) in [6.07, 6.45) is -6.77. The molecule has 0 spiro atoms. The third kappa shape index (κ3) is 10.0. The van der Waals surface area contributed by atoms with Gasteiger partial charge < -0.3 is 38.5 Å². The van der Waals surface area contributed by atoms with E-state index in [0.717, 1.165) is 16.8 Å². The summed E-state index contributed by atoms with van der Waals surface area (Å²) in [5, 5.41) is 10.9. The molecule has 2 N–H and O–H groups in total. The standard InChI is InChI=1S/C34H33FN2O10.C6H15N/c1-43-24-12-8-22(9-13-24)34(21-6-4-3-5-7-21,23-10-14-25(44-2)15-11-23)45-20-26-31(47-29(41)17-16-28(39)40)30(35)32(46-26)37-19-18-27(38)36-33(37)42;1-4-7(5-2)6-3/h3-15,18-19,26,30-32H,16-17,20H2,1-2H3,(H,39,40)(H,36,38,42);4-6H2,1-3H3/t26-,30?,31+,32-;/m1./s1. The fraction of sp³-hybridized carbons (Fsp3) is 0.400. The smallest absolute Gasteiger partial charge is 0.330 e. The monoisotopic (exact) mass is 749 g/mol. The van der Waals surface area contributed by atoms with Crippen molar-refractivity contribution >= 4 is 11.9 Å². The van der Waals surface area contributed by atoms with E-state index in [0.29, 0.717) is 28.2 Å². The number of rotatable bonds is 16. The lowest BCUT2D eigenvalue weighted by atomic mass is 9.80. The van der Waals surface area contributed by atoms with Gasteiger partial charge in [0.25, 0.3) is 5.56 Å². The first-order valence-corrected chi connectivity index (χ1v) is 17.8.